The normalized spacial score (nSPS) is 15.8. The molecule has 1 fully saturated rings. The standard InChI is InChI=1S/C16H17F2N3O/c17-16(18)22-14-7-5-12(6-8-14)15(11-3-4-11)19-10-13-2-1-9-20-21-13/h1-2,5-9,11,15-16,19H,3-4,10H2/t15-/m1/s1. The molecule has 1 N–H and O–H groups in total. The fourth-order valence-electron chi connectivity index (χ4n) is 2.49. The second kappa shape index (κ2) is 6.79. The van der Waals surface area contributed by atoms with Crippen LogP contribution in [-0.4, -0.2) is 16.8 Å². The zero-order valence-electron chi connectivity index (χ0n) is 12.0. The molecule has 3 rings (SSSR count). The predicted molar refractivity (Wildman–Crippen MR) is 77.4 cm³/mol. The van der Waals surface area contributed by atoms with Crippen LogP contribution in [0.4, 0.5) is 8.78 Å². The molecule has 0 radical (unpaired) electrons. The van der Waals surface area contributed by atoms with Crippen LogP contribution < -0.4 is 10.1 Å². The third kappa shape index (κ3) is 3.98. The summed E-state index contributed by atoms with van der Waals surface area (Å²) in [6, 6.07) is 10.8. The number of benzene rings is 1. The Morgan fingerprint density at radius 1 is 1.18 bits per heavy atom. The molecule has 116 valence electrons. The molecule has 22 heavy (non-hydrogen) atoms. The summed E-state index contributed by atoms with van der Waals surface area (Å²) in [6.45, 7) is -2.16. The number of hydrogen-bond acceptors (Lipinski definition) is 4. The molecule has 1 aliphatic rings. The van der Waals surface area contributed by atoms with Crippen molar-refractivity contribution in [3.8, 4) is 5.75 Å². The van der Waals surface area contributed by atoms with Crippen molar-refractivity contribution < 1.29 is 13.5 Å². The van der Waals surface area contributed by atoms with E-state index in [9.17, 15) is 8.78 Å². The molecule has 1 saturated carbocycles. The molecular formula is C16H17F2N3O. The minimum atomic E-state index is -2.79. The fourth-order valence-corrected chi connectivity index (χ4v) is 2.49. The molecule has 0 amide bonds. The van der Waals surface area contributed by atoms with Gasteiger partial charge in [0.2, 0.25) is 0 Å². The maximum absolute atomic E-state index is 12.2. The van der Waals surface area contributed by atoms with E-state index < -0.39 is 6.61 Å². The lowest BCUT2D eigenvalue weighted by Crippen LogP contribution is -2.23. The number of rotatable bonds is 7. The topological polar surface area (TPSA) is 47.0 Å². The van der Waals surface area contributed by atoms with Gasteiger partial charge < -0.3 is 10.1 Å². The second-order valence-electron chi connectivity index (χ2n) is 5.36. The smallest absolute Gasteiger partial charge is 0.387 e. The Balaban J connectivity index is 1.66. The van der Waals surface area contributed by atoms with E-state index in [4.69, 9.17) is 0 Å². The molecule has 0 bridgehead atoms. The molecule has 0 unspecified atom stereocenters. The van der Waals surface area contributed by atoms with E-state index in [2.05, 4.69) is 20.3 Å². The highest BCUT2D eigenvalue weighted by molar-refractivity contribution is 5.30. The quantitative estimate of drug-likeness (QED) is 0.852. The molecule has 1 atom stereocenters. The Morgan fingerprint density at radius 2 is 1.95 bits per heavy atom. The zero-order valence-corrected chi connectivity index (χ0v) is 12.0. The molecular weight excluding hydrogens is 288 g/mol. The summed E-state index contributed by atoms with van der Waals surface area (Å²) in [7, 11) is 0. The number of nitrogens with zero attached hydrogens (tertiary/aromatic N) is 2. The maximum atomic E-state index is 12.2. The van der Waals surface area contributed by atoms with Gasteiger partial charge in [-0.1, -0.05) is 12.1 Å². The van der Waals surface area contributed by atoms with Crippen LogP contribution in [0, 0.1) is 5.92 Å². The van der Waals surface area contributed by atoms with Crippen LogP contribution in [0.25, 0.3) is 0 Å². The van der Waals surface area contributed by atoms with Crippen LogP contribution in [0.1, 0.15) is 30.1 Å². The number of hydrogen-bond donors (Lipinski definition) is 1. The van der Waals surface area contributed by atoms with Crippen molar-refractivity contribution in [1.82, 2.24) is 15.5 Å². The number of nitrogens with one attached hydrogen (secondary N) is 1. The van der Waals surface area contributed by atoms with Crippen LogP contribution in [0.3, 0.4) is 0 Å². The van der Waals surface area contributed by atoms with Gasteiger partial charge in [-0.05, 0) is 48.6 Å². The van der Waals surface area contributed by atoms with Crippen molar-refractivity contribution in [2.75, 3.05) is 0 Å². The monoisotopic (exact) mass is 305 g/mol. The highest BCUT2D eigenvalue weighted by Gasteiger charge is 2.32. The van der Waals surface area contributed by atoms with Gasteiger partial charge in [-0.15, -0.1) is 0 Å². The van der Waals surface area contributed by atoms with E-state index >= 15 is 0 Å². The van der Waals surface area contributed by atoms with Crippen LogP contribution >= 0.6 is 0 Å². The van der Waals surface area contributed by atoms with Crippen molar-refractivity contribution in [2.45, 2.75) is 32.0 Å². The van der Waals surface area contributed by atoms with E-state index in [1.807, 2.05) is 24.3 Å². The highest BCUT2D eigenvalue weighted by Crippen LogP contribution is 2.41. The predicted octanol–water partition coefficient (Wildman–Crippen LogP) is 3.32. The summed E-state index contributed by atoms with van der Waals surface area (Å²) in [5.41, 5.74) is 1.96. The number of aromatic nitrogens is 2. The van der Waals surface area contributed by atoms with Crippen LogP contribution in [0.5, 0.6) is 5.75 Å². The molecule has 4 nitrogen and oxygen atoms in total. The lowest BCUT2D eigenvalue weighted by molar-refractivity contribution is -0.0498. The SMILES string of the molecule is FC(F)Oc1ccc([C@H](NCc2cccnn2)C2CC2)cc1. The molecule has 0 saturated heterocycles. The first-order chi connectivity index (χ1) is 10.7. The Hall–Kier alpha value is -2.08. The van der Waals surface area contributed by atoms with Gasteiger partial charge in [0.15, 0.2) is 0 Å². The Labute approximate surface area is 127 Å². The average Bonchev–Trinajstić information content (AvgIpc) is 3.34. The third-order valence-corrected chi connectivity index (χ3v) is 3.69. The largest absolute Gasteiger partial charge is 0.435 e. The molecule has 0 spiro atoms. The summed E-state index contributed by atoms with van der Waals surface area (Å²) in [6.07, 6.45) is 3.99. The number of alkyl halides is 2. The summed E-state index contributed by atoms with van der Waals surface area (Å²) in [5, 5.41) is 11.4. The van der Waals surface area contributed by atoms with Crippen LogP contribution in [0.15, 0.2) is 42.6 Å². The summed E-state index contributed by atoms with van der Waals surface area (Å²) in [5.74, 6) is 0.765. The first-order valence-electron chi connectivity index (χ1n) is 7.27. The fraction of sp³-hybridized carbons (Fsp3) is 0.375. The van der Waals surface area contributed by atoms with Crippen molar-refractivity contribution in [1.29, 1.82) is 0 Å². The van der Waals surface area contributed by atoms with E-state index in [0.29, 0.717) is 12.5 Å². The molecule has 1 heterocycles. The van der Waals surface area contributed by atoms with Gasteiger partial charge in [-0.3, -0.25) is 0 Å². The Morgan fingerprint density at radius 3 is 2.55 bits per heavy atom. The molecule has 1 aromatic heterocycles. The van der Waals surface area contributed by atoms with Crippen molar-refractivity contribution in [3.63, 3.8) is 0 Å². The minimum Gasteiger partial charge on any atom is -0.435 e. The van der Waals surface area contributed by atoms with Gasteiger partial charge in [0.05, 0.1) is 5.69 Å². The van der Waals surface area contributed by atoms with Crippen molar-refractivity contribution >= 4 is 0 Å². The average molecular weight is 305 g/mol. The summed E-state index contributed by atoms with van der Waals surface area (Å²) in [4.78, 5) is 0. The van der Waals surface area contributed by atoms with Gasteiger partial charge in [-0.25, -0.2) is 0 Å². The molecule has 1 aliphatic carbocycles. The lowest BCUT2D eigenvalue weighted by Gasteiger charge is -2.19. The van der Waals surface area contributed by atoms with E-state index in [0.717, 1.165) is 11.3 Å². The second-order valence-corrected chi connectivity index (χ2v) is 5.36. The Bertz CT molecular complexity index is 588. The molecule has 1 aromatic carbocycles. The van der Waals surface area contributed by atoms with Crippen molar-refractivity contribution in [3.05, 3.63) is 53.9 Å². The lowest BCUT2D eigenvalue weighted by atomic mass is 10.0. The van der Waals surface area contributed by atoms with Gasteiger partial charge in [0.1, 0.15) is 5.75 Å². The molecule has 6 heteroatoms. The van der Waals surface area contributed by atoms with E-state index in [1.165, 1.54) is 12.8 Å². The van der Waals surface area contributed by atoms with Crippen molar-refractivity contribution in [2.24, 2.45) is 5.92 Å². The molecule has 2 aromatic rings. The van der Waals surface area contributed by atoms with E-state index in [1.54, 1.807) is 18.3 Å². The third-order valence-electron chi connectivity index (χ3n) is 3.69. The van der Waals surface area contributed by atoms with Gasteiger partial charge in [0.25, 0.3) is 0 Å². The van der Waals surface area contributed by atoms with Crippen LogP contribution in [0.2, 0.25) is 0 Å². The summed E-state index contributed by atoms with van der Waals surface area (Å²) >= 11 is 0. The first-order valence-corrected chi connectivity index (χ1v) is 7.27. The number of ether oxygens (including phenoxy) is 1. The van der Waals surface area contributed by atoms with Gasteiger partial charge in [-0.2, -0.15) is 19.0 Å². The highest BCUT2D eigenvalue weighted by atomic mass is 19.3. The van der Waals surface area contributed by atoms with Gasteiger partial charge >= 0.3 is 6.61 Å². The minimum absolute atomic E-state index is 0.183. The first kappa shape index (κ1) is 14.8. The van der Waals surface area contributed by atoms with E-state index in [-0.39, 0.29) is 11.8 Å². The molecule has 0 aliphatic heterocycles. The number of halogens is 2. The summed E-state index contributed by atoms with van der Waals surface area (Å²) < 4.78 is 28.7. The Kier molecular flexibility index (Phi) is 4.58. The van der Waals surface area contributed by atoms with Crippen LogP contribution in [-0.2, 0) is 6.54 Å². The van der Waals surface area contributed by atoms with Gasteiger partial charge in [0, 0.05) is 18.8 Å². The maximum Gasteiger partial charge on any atom is 0.387 e. The zero-order chi connectivity index (χ0) is 15.4.